The first-order valence-electron chi connectivity index (χ1n) is 10.9. The van der Waals surface area contributed by atoms with E-state index in [1.807, 2.05) is 25.1 Å². The third kappa shape index (κ3) is 5.67. The smallest absolute Gasteiger partial charge is 0.478 e. The van der Waals surface area contributed by atoms with Crippen LogP contribution in [-0.2, 0) is 16.6 Å². The van der Waals surface area contributed by atoms with Crippen LogP contribution >= 0.6 is 0 Å². The first-order chi connectivity index (χ1) is 17.3. The highest BCUT2D eigenvalue weighted by atomic mass is 32.2. The predicted molar refractivity (Wildman–Crippen MR) is 131 cm³/mol. The fourth-order valence-corrected chi connectivity index (χ4v) is 5.33. The van der Waals surface area contributed by atoms with Crippen molar-refractivity contribution in [1.29, 1.82) is 0 Å². The minimum Gasteiger partial charge on any atom is -0.478 e. The van der Waals surface area contributed by atoms with Crippen LogP contribution < -0.4 is 9.04 Å². The number of sulfonamides is 1. The minimum absolute atomic E-state index is 0.0823. The number of rotatable bonds is 7. The van der Waals surface area contributed by atoms with Gasteiger partial charge in [-0.3, -0.25) is 0 Å². The number of hydrogen-bond donors (Lipinski definition) is 1. The number of aryl methyl sites for hydroxylation is 2. The number of aromatic nitrogens is 1. The summed E-state index contributed by atoms with van der Waals surface area (Å²) in [6, 6.07) is 15.3. The van der Waals surface area contributed by atoms with E-state index in [1.54, 1.807) is 13.1 Å². The summed E-state index contributed by atoms with van der Waals surface area (Å²) in [5, 5.41) is 10.8. The van der Waals surface area contributed by atoms with Crippen LogP contribution in [0.15, 0.2) is 77.8 Å². The van der Waals surface area contributed by atoms with Gasteiger partial charge in [0.1, 0.15) is 11.6 Å². The molecule has 1 N–H and O–H groups in total. The molecule has 3 aromatic carbocycles. The Balaban J connectivity index is 1.80. The fraction of sp³-hybridized carbons (Fsp3) is 0.154. The predicted octanol–water partition coefficient (Wildman–Crippen LogP) is 5.84. The van der Waals surface area contributed by atoms with Gasteiger partial charge in [-0.15, -0.1) is 13.2 Å². The molecule has 1 aromatic heterocycles. The van der Waals surface area contributed by atoms with Gasteiger partial charge in [-0.1, -0.05) is 29.8 Å². The Morgan fingerprint density at radius 2 is 1.65 bits per heavy atom. The second kappa shape index (κ2) is 9.74. The SMILES string of the molecule is Cc1ccc2c(C)c(N(Cc3ccc(OC(F)(F)F)cc3)S(=O)(=O)c3ccc(C(=O)O)cc3)ncc2c1. The van der Waals surface area contributed by atoms with Gasteiger partial charge < -0.3 is 9.84 Å². The van der Waals surface area contributed by atoms with E-state index >= 15 is 0 Å². The van der Waals surface area contributed by atoms with Crippen molar-refractivity contribution >= 4 is 32.6 Å². The monoisotopic (exact) mass is 530 g/mol. The summed E-state index contributed by atoms with van der Waals surface area (Å²) in [7, 11) is -4.27. The summed E-state index contributed by atoms with van der Waals surface area (Å²) in [5.74, 6) is -1.51. The van der Waals surface area contributed by atoms with Crippen LogP contribution in [0.1, 0.15) is 27.0 Å². The molecule has 0 amide bonds. The van der Waals surface area contributed by atoms with Crippen LogP contribution in [0.25, 0.3) is 10.8 Å². The second-order valence-corrected chi connectivity index (χ2v) is 10.2. The molecule has 4 rings (SSSR count). The van der Waals surface area contributed by atoms with Crippen molar-refractivity contribution in [3.05, 3.63) is 95.2 Å². The van der Waals surface area contributed by atoms with E-state index < -0.39 is 28.1 Å². The highest BCUT2D eigenvalue weighted by Crippen LogP contribution is 2.32. The maximum Gasteiger partial charge on any atom is 0.573 e. The number of hydrogen-bond acceptors (Lipinski definition) is 5. The molecule has 0 radical (unpaired) electrons. The Hall–Kier alpha value is -4.12. The molecule has 4 aromatic rings. The third-order valence-electron chi connectivity index (χ3n) is 5.68. The number of nitrogens with zero attached hydrogens (tertiary/aromatic N) is 2. The van der Waals surface area contributed by atoms with E-state index in [9.17, 15) is 26.4 Å². The highest BCUT2D eigenvalue weighted by molar-refractivity contribution is 7.92. The van der Waals surface area contributed by atoms with Crippen molar-refractivity contribution in [3.63, 3.8) is 0 Å². The van der Waals surface area contributed by atoms with Gasteiger partial charge in [0, 0.05) is 17.1 Å². The second-order valence-electron chi connectivity index (χ2n) is 8.33. The number of pyridine rings is 1. The number of carboxylic acids is 1. The van der Waals surface area contributed by atoms with E-state index in [-0.39, 0.29) is 22.8 Å². The molecular weight excluding hydrogens is 509 g/mol. The van der Waals surface area contributed by atoms with Crippen LogP contribution in [0, 0.1) is 13.8 Å². The number of fused-ring (bicyclic) bond motifs is 1. The van der Waals surface area contributed by atoms with Gasteiger partial charge in [0.2, 0.25) is 0 Å². The van der Waals surface area contributed by atoms with E-state index in [0.29, 0.717) is 11.1 Å². The summed E-state index contributed by atoms with van der Waals surface area (Å²) in [4.78, 5) is 15.5. The van der Waals surface area contributed by atoms with Crippen molar-refractivity contribution in [2.45, 2.75) is 31.7 Å². The Morgan fingerprint density at radius 3 is 2.24 bits per heavy atom. The normalized spacial score (nSPS) is 11.9. The molecular formula is C26H21F3N2O5S. The quantitative estimate of drug-likeness (QED) is 0.322. The number of carboxylic acid groups (broad SMARTS) is 1. The van der Waals surface area contributed by atoms with Crippen molar-refractivity contribution < 1.29 is 36.2 Å². The number of alkyl halides is 3. The lowest BCUT2D eigenvalue weighted by Crippen LogP contribution is -2.32. The summed E-state index contributed by atoms with van der Waals surface area (Å²) in [6.45, 7) is 3.41. The summed E-state index contributed by atoms with van der Waals surface area (Å²) in [6.07, 6.45) is -3.30. The molecule has 192 valence electrons. The molecule has 0 saturated heterocycles. The molecule has 0 unspecified atom stereocenters. The zero-order chi connectivity index (χ0) is 27.0. The van der Waals surface area contributed by atoms with E-state index in [4.69, 9.17) is 5.11 Å². The third-order valence-corrected chi connectivity index (χ3v) is 7.43. The van der Waals surface area contributed by atoms with Crippen LogP contribution in [-0.4, -0.2) is 30.8 Å². The first-order valence-corrected chi connectivity index (χ1v) is 12.4. The van der Waals surface area contributed by atoms with Crippen molar-refractivity contribution in [2.75, 3.05) is 4.31 Å². The first kappa shape index (κ1) is 26.0. The lowest BCUT2D eigenvalue weighted by atomic mass is 10.1. The number of anilines is 1. The lowest BCUT2D eigenvalue weighted by molar-refractivity contribution is -0.274. The van der Waals surface area contributed by atoms with Crippen molar-refractivity contribution in [3.8, 4) is 5.75 Å². The summed E-state index contributed by atoms with van der Waals surface area (Å²) < 4.78 is 70.1. The molecule has 0 bridgehead atoms. The van der Waals surface area contributed by atoms with Gasteiger partial charge in [-0.05, 0) is 67.3 Å². The van der Waals surface area contributed by atoms with Crippen molar-refractivity contribution in [2.24, 2.45) is 0 Å². The molecule has 11 heteroatoms. The van der Waals surface area contributed by atoms with Gasteiger partial charge >= 0.3 is 12.3 Å². The number of benzene rings is 3. The lowest BCUT2D eigenvalue weighted by Gasteiger charge is -2.26. The van der Waals surface area contributed by atoms with Gasteiger partial charge in [-0.2, -0.15) is 0 Å². The van der Waals surface area contributed by atoms with Gasteiger partial charge in [0.15, 0.2) is 0 Å². The summed E-state index contributed by atoms with van der Waals surface area (Å²) >= 11 is 0. The average molecular weight is 531 g/mol. The fourth-order valence-electron chi connectivity index (χ4n) is 3.86. The molecule has 0 saturated carbocycles. The van der Waals surface area contributed by atoms with Crippen LogP contribution in [0.4, 0.5) is 19.0 Å². The highest BCUT2D eigenvalue weighted by Gasteiger charge is 2.31. The molecule has 0 aliphatic rings. The van der Waals surface area contributed by atoms with Crippen LogP contribution in [0.3, 0.4) is 0 Å². The number of carbonyl (C=O) groups is 1. The van der Waals surface area contributed by atoms with Crippen LogP contribution in [0.5, 0.6) is 5.75 Å². The van der Waals surface area contributed by atoms with Gasteiger partial charge in [-0.25, -0.2) is 22.5 Å². The Bertz CT molecular complexity index is 1570. The molecule has 0 spiro atoms. The maximum atomic E-state index is 13.8. The van der Waals surface area contributed by atoms with Crippen LogP contribution in [0.2, 0.25) is 0 Å². The number of halogens is 3. The maximum absolute atomic E-state index is 13.8. The number of ether oxygens (including phenoxy) is 1. The standard InChI is InChI=1S/C26H21F3N2O5S/c1-16-3-12-23-17(2)24(30-14-20(23)13-16)31(15-18-4-8-21(9-5-18)36-26(27,28)29)37(34,35)22-10-6-19(7-11-22)25(32)33/h3-14H,15H2,1-2H3,(H,32,33). The Labute approximate surface area is 210 Å². The van der Waals surface area contributed by atoms with Gasteiger partial charge in [0.05, 0.1) is 17.0 Å². The van der Waals surface area contributed by atoms with E-state index in [1.165, 1.54) is 36.4 Å². The molecule has 0 fully saturated rings. The molecule has 0 aliphatic carbocycles. The topological polar surface area (TPSA) is 96.8 Å². The molecule has 1 heterocycles. The number of aromatic carboxylic acids is 1. The molecule has 37 heavy (non-hydrogen) atoms. The zero-order valence-corrected chi connectivity index (χ0v) is 20.5. The van der Waals surface area contributed by atoms with Gasteiger partial charge in [0.25, 0.3) is 10.0 Å². The average Bonchev–Trinajstić information content (AvgIpc) is 2.83. The van der Waals surface area contributed by atoms with Crippen molar-refractivity contribution in [1.82, 2.24) is 4.98 Å². The molecule has 7 nitrogen and oxygen atoms in total. The van der Waals surface area contributed by atoms with E-state index in [2.05, 4.69) is 9.72 Å². The molecule has 0 aliphatic heterocycles. The molecule has 0 atom stereocenters. The minimum atomic E-state index is -4.86. The summed E-state index contributed by atoms with van der Waals surface area (Å²) in [5.41, 5.74) is 1.89. The largest absolute Gasteiger partial charge is 0.573 e. The Morgan fingerprint density at radius 1 is 1.00 bits per heavy atom. The zero-order valence-electron chi connectivity index (χ0n) is 19.7. The Kier molecular flexibility index (Phi) is 6.83. The van der Waals surface area contributed by atoms with E-state index in [0.717, 1.165) is 32.8 Å².